The van der Waals surface area contributed by atoms with E-state index in [0.717, 1.165) is 25.7 Å². The summed E-state index contributed by atoms with van der Waals surface area (Å²) in [4.78, 5) is 33.8. The van der Waals surface area contributed by atoms with Gasteiger partial charge in [-0.3, -0.25) is 20.2 Å². The Morgan fingerprint density at radius 3 is 2.19 bits per heavy atom. The minimum atomic E-state index is -0.727. The Morgan fingerprint density at radius 2 is 1.69 bits per heavy atom. The van der Waals surface area contributed by atoms with Gasteiger partial charge in [0.05, 0.1) is 0 Å². The molecular formula is C11H18N2O3. The maximum atomic E-state index is 11.5. The Hall–Kier alpha value is -1.39. The zero-order chi connectivity index (χ0) is 12.1. The molecule has 5 nitrogen and oxygen atoms in total. The van der Waals surface area contributed by atoms with Crippen LogP contribution in [-0.2, 0) is 9.59 Å². The van der Waals surface area contributed by atoms with E-state index in [0.29, 0.717) is 0 Å². The minimum Gasteiger partial charge on any atom is -0.277 e. The number of imide groups is 2. The van der Waals surface area contributed by atoms with Crippen LogP contribution in [0, 0.1) is 11.8 Å². The number of hydrogen-bond acceptors (Lipinski definition) is 3. The summed E-state index contributed by atoms with van der Waals surface area (Å²) in [5.41, 5.74) is 0. The van der Waals surface area contributed by atoms with Gasteiger partial charge in [-0.25, -0.2) is 4.79 Å². The van der Waals surface area contributed by atoms with Crippen molar-refractivity contribution in [3.05, 3.63) is 0 Å². The summed E-state index contributed by atoms with van der Waals surface area (Å²) in [5, 5.41) is 4.24. The number of carbonyl (C=O) groups excluding carboxylic acids is 3. The first-order valence-electron chi connectivity index (χ1n) is 5.72. The molecule has 0 aromatic heterocycles. The lowest BCUT2D eigenvalue weighted by atomic mass is 9.87. The van der Waals surface area contributed by atoms with Gasteiger partial charge in [-0.05, 0) is 12.3 Å². The van der Waals surface area contributed by atoms with E-state index in [-0.39, 0.29) is 5.92 Å². The van der Waals surface area contributed by atoms with E-state index in [9.17, 15) is 14.4 Å². The standard InChI is InChI=1S/C11H18N2O3/c1-3-4-5-6-7(2)8-9(14)12-11(16)13-10(8)15/h7-8H,3-6H2,1-2H3,(H2,12,13,14,15,16). The fourth-order valence-corrected chi connectivity index (χ4v) is 1.93. The van der Waals surface area contributed by atoms with Crippen LogP contribution in [0.5, 0.6) is 0 Å². The highest BCUT2D eigenvalue weighted by Gasteiger charge is 2.37. The van der Waals surface area contributed by atoms with Gasteiger partial charge in [-0.1, -0.05) is 33.1 Å². The molecular weight excluding hydrogens is 208 g/mol. The normalized spacial score (nSPS) is 19.2. The Labute approximate surface area is 95.0 Å². The van der Waals surface area contributed by atoms with Gasteiger partial charge in [-0.15, -0.1) is 0 Å². The van der Waals surface area contributed by atoms with Gasteiger partial charge < -0.3 is 0 Å². The van der Waals surface area contributed by atoms with E-state index in [4.69, 9.17) is 0 Å². The summed E-state index contributed by atoms with van der Waals surface area (Å²) in [6.45, 7) is 3.97. The SMILES string of the molecule is CCCCCC(C)C1C(=O)NC(=O)NC1=O. The molecule has 0 bridgehead atoms. The van der Waals surface area contributed by atoms with Crippen LogP contribution in [0.15, 0.2) is 0 Å². The van der Waals surface area contributed by atoms with E-state index in [1.807, 2.05) is 6.92 Å². The van der Waals surface area contributed by atoms with Gasteiger partial charge in [0.2, 0.25) is 11.8 Å². The monoisotopic (exact) mass is 226 g/mol. The van der Waals surface area contributed by atoms with Crippen LogP contribution in [0.2, 0.25) is 0 Å². The molecule has 0 radical (unpaired) electrons. The Kier molecular flexibility index (Phi) is 4.46. The lowest BCUT2D eigenvalue weighted by molar-refractivity contribution is -0.138. The molecule has 1 fully saturated rings. The van der Waals surface area contributed by atoms with Gasteiger partial charge in [0.1, 0.15) is 5.92 Å². The maximum absolute atomic E-state index is 11.5. The van der Waals surface area contributed by atoms with Crippen molar-refractivity contribution in [3.63, 3.8) is 0 Å². The Bertz CT molecular complexity index is 282. The quantitative estimate of drug-likeness (QED) is 0.546. The van der Waals surface area contributed by atoms with E-state index in [1.54, 1.807) is 0 Å². The number of hydrogen-bond donors (Lipinski definition) is 2. The molecule has 1 rings (SSSR count). The van der Waals surface area contributed by atoms with Crippen LogP contribution in [0.25, 0.3) is 0 Å². The molecule has 5 heteroatoms. The van der Waals surface area contributed by atoms with E-state index >= 15 is 0 Å². The molecule has 1 heterocycles. The average molecular weight is 226 g/mol. The number of rotatable bonds is 5. The second kappa shape index (κ2) is 5.63. The maximum Gasteiger partial charge on any atom is 0.328 e. The number of barbiturate groups is 1. The van der Waals surface area contributed by atoms with Gasteiger partial charge in [-0.2, -0.15) is 0 Å². The first kappa shape index (κ1) is 12.7. The number of amides is 4. The Balaban J connectivity index is 2.53. The second-order valence-electron chi connectivity index (χ2n) is 4.26. The molecule has 1 saturated heterocycles. The highest BCUT2D eigenvalue weighted by molar-refractivity contribution is 6.16. The molecule has 0 aromatic carbocycles. The second-order valence-corrected chi connectivity index (χ2v) is 4.26. The van der Waals surface area contributed by atoms with Crippen LogP contribution < -0.4 is 10.6 Å². The summed E-state index contributed by atoms with van der Waals surface area (Å²) < 4.78 is 0. The molecule has 0 spiro atoms. The summed E-state index contributed by atoms with van der Waals surface area (Å²) in [5.74, 6) is -1.70. The van der Waals surface area contributed by atoms with E-state index in [2.05, 4.69) is 17.6 Å². The largest absolute Gasteiger partial charge is 0.328 e. The summed E-state index contributed by atoms with van der Waals surface area (Å²) >= 11 is 0. The topological polar surface area (TPSA) is 75.3 Å². The molecule has 1 aliphatic heterocycles. The molecule has 0 aromatic rings. The van der Waals surface area contributed by atoms with Gasteiger partial charge >= 0.3 is 6.03 Å². The number of unbranched alkanes of at least 4 members (excludes halogenated alkanes) is 2. The minimum absolute atomic E-state index is 0.0281. The Morgan fingerprint density at radius 1 is 1.12 bits per heavy atom. The van der Waals surface area contributed by atoms with Crippen LogP contribution in [-0.4, -0.2) is 17.8 Å². The van der Waals surface area contributed by atoms with Crippen molar-refractivity contribution < 1.29 is 14.4 Å². The van der Waals surface area contributed by atoms with Crippen molar-refractivity contribution in [3.8, 4) is 0 Å². The van der Waals surface area contributed by atoms with Gasteiger partial charge in [0.15, 0.2) is 0 Å². The highest BCUT2D eigenvalue weighted by atomic mass is 16.2. The van der Waals surface area contributed by atoms with Crippen LogP contribution in [0.4, 0.5) is 4.79 Å². The number of urea groups is 1. The third-order valence-corrected chi connectivity index (χ3v) is 2.87. The van der Waals surface area contributed by atoms with Gasteiger partial charge in [0.25, 0.3) is 0 Å². The van der Waals surface area contributed by atoms with Crippen molar-refractivity contribution >= 4 is 17.8 Å². The van der Waals surface area contributed by atoms with Crippen molar-refractivity contribution in [1.82, 2.24) is 10.6 Å². The fraction of sp³-hybridized carbons (Fsp3) is 0.727. The number of carbonyl (C=O) groups is 3. The summed E-state index contributed by atoms with van der Waals surface area (Å²) in [6, 6.07) is -0.716. The smallest absolute Gasteiger partial charge is 0.277 e. The van der Waals surface area contributed by atoms with Crippen molar-refractivity contribution in [2.24, 2.45) is 11.8 Å². The molecule has 0 saturated carbocycles. The van der Waals surface area contributed by atoms with Gasteiger partial charge in [0, 0.05) is 0 Å². The highest BCUT2D eigenvalue weighted by Crippen LogP contribution is 2.20. The molecule has 0 aliphatic carbocycles. The average Bonchev–Trinajstić information content (AvgIpc) is 2.16. The predicted octanol–water partition coefficient (Wildman–Crippen LogP) is 1.18. The lowest BCUT2D eigenvalue weighted by Gasteiger charge is -2.25. The fourth-order valence-electron chi connectivity index (χ4n) is 1.93. The summed E-state index contributed by atoms with van der Waals surface area (Å²) in [7, 11) is 0. The molecule has 2 N–H and O–H groups in total. The molecule has 1 atom stereocenters. The first-order chi connectivity index (χ1) is 7.56. The molecule has 1 aliphatic rings. The zero-order valence-electron chi connectivity index (χ0n) is 9.71. The zero-order valence-corrected chi connectivity index (χ0v) is 9.71. The van der Waals surface area contributed by atoms with Crippen LogP contribution >= 0.6 is 0 Å². The van der Waals surface area contributed by atoms with Crippen molar-refractivity contribution in [1.29, 1.82) is 0 Å². The predicted molar refractivity (Wildman–Crippen MR) is 58.5 cm³/mol. The first-order valence-corrected chi connectivity index (χ1v) is 5.72. The molecule has 90 valence electrons. The number of nitrogens with one attached hydrogen (secondary N) is 2. The third kappa shape index (κ3) is 3.05. The van der Waals surface area contributed by atoms with Crippen LogP contribution in [0.3, 0.4) is 0 Å². The molecule has 1 unspecified atom stereocenters. The van der Waals surface area contributed by atoms with Crippen molar-refractivity contribution in [2.75, 3.05) is 0 Å². The summed E-state index contributed by atoms with van der Waals surface area (Å²) in [6.07, 6.45) is 4.03. The van der Waals surface area contributed by atoms with E-state index in [1.165, 1.54) is 0 Å². The third-order valence-electron chi connectivity index (χ3n) is 2.87. The molecule has 16 heavy (non-hydrogen) atoms. The molecule has 4 amide bonds. The van der Waals surface area contributed by atoms with E-state index < -0.39 is 23.8 Å². The van der Waals surface area contributed by atoms with Crippen molar-refractivity contribution in [2.45, 2.75) is 39.5 Å². The van der Waals surface area contributed by atoms with Crippen LogP contribution in [0.1, 0.15) is 39.5 Å². The lowest BCUT2D eigenvalue weighted by Crippen LogP contribution is -2.57.